The quantitative estimate of drug-likeness (QED) is 0.689. The maximum absolute atomic E-state index is 13.5. The fraction of sp³-hybridized carbons (Fsp3) is 0.263. The molecule has 0 unspecified atom stereocenters. The summed E-state index contributed by atoms with van der Waals surface area (Å²) in [6, 6.07) is 8.53. The van der Waals surface area contributed by atoms with E-state index in [-0.39, 0.29) is 11.5 Å². The van der Waals surface area contributed by atoms with Crippen LogP contribution in [0.3, 0.4) is 0 Å². The van der Waals surface area contributed by atoms with Gasteiger partial charge in [0.2, 0.25) is 5.91 Å². The molecule has 1 amide bonds. The SMILES string of the molecule is CCOc1ccc(C(C)=O)cc1CSCC(=O)Nc1c(F)cccc1F. The molecule has 2 rings (SSSR count). The predicted octanol–water partition coefficient (Wildman–Crippen LogP) is 4.44. The molecule has 0 spiro atoms. The van der Waals surface area contributed by atoms with Gasteiger partial charge in [0, 0.05) is 16.9 Å². The van der Waals surface area contributed by atoms with Crippen LogP contribution in [0.5, 0.6) is 5.75 Å². The van der Waals surface area contributed by atoms with Crippen molar-refractivity contribution in [3.8, 4) is 5.75 Å². The van der Waals surface area contributed by atoms with Crippen molar-refractivity contribution in [3.63, 3.8) is 0 Å². The second-order valence-electron chi connectivity index (χ2n) is 5.45. The normalized spacial score (nSPS) is 10.5. The Morgan fingerprint density at radius 2 is 1.85 bits per heavy atom. The van der Waals surface area contributed by atoms with Crippen LogP contribution in [0, 0.1) is 11.6 Å². The van der Waals surface area contributed by atoms with Crippen LogP contribution < -0.4 is 10.1 Å². The highest BCUT2D eigenvalue weighted by Gasteiger charge is 2.13. The Morgan fingerprint density at radius 3 is 2.46 bits per heavy atom. The van der Waals surface area contributed by atoms with Crippen molar-refractivity contribution >= 4 is 29.1 Å². The van der Waals surface area contributed by atoms with Crippen LogP contribution in [-0.2, 0) is 10.5 Å². The lowest BCUT2D eigenvalue weighted by molar-refractivity contribution is -0.113. The largest absolute Gasteiger partial charge is 0.494 e. The van der Waals surface area contributed by atoms with Crippen LogP contribution in [-0.4, -0.2) is 24.1 Å². The smallest absolute Gasteiger partial charge is 0.234 e. The van der Waals surface area contributed by atoms with E-state index in [2.05, 4.69) is 5.32 Å². The van der Waals surface area contributed by atoms with Crippen LogP contribution in [0.15, 0.2) is 36.4 Å². The molecule has 26 heavy (non-hydrogen) atoms. The van der Waals surface area contributed by atoms with Gasteiger partial charge < -0.3 is 10.1 Å². The fourth-order valence-electron chi connectivity index (χ4n) is 2.25. The topological polar surface area (TPSA) is 55.4 Å². The Kier molecular flexibility index (Phi) is 7.15. The van der Waals surface area contributed by atoms with E-state index in [4.69, 9.17) is 4.74 Å². The number of thioether (sulfide) groups is 1. The Morgan fingerprint density at radius 1 is 1.15 bits per heavy atom. The summed E-state index contributed by atoms with van der Waals surface area (Å²) in [5.74, 6) is -1.16. The van der Waals surface area contributed by atoms with E-state index >= 15 is 0 Å². The number of nitrogens with one attached hydrogen (secondary N) is 1. The number of Topliss-reactive ketones (excluding diaryl/α,β-unsaturated/α-hetero) is 1. The summed E-state index contributed by atoms with van der Waals surface area (Å²) in [5, 5.41) is 2.24. The third-order valence-corrected chi connectivity index (χ3v) is 4.47. The molecule has 0 bridgehead atoms. The molecule has 0 atom stereocenters. The van der Waals surface area contributed by atoms with Crippen molar-refractivity contribution in [2.24, 2.45) is 0 Å². The molecule has 1 N–H and O–H groups in total. The molecule has 0 saturated carbocycles. The molecule has 7 heteroatoms. The van der Waals surface area contributed by atoms with Gasteiger partial charge in [-0.1, -0.05) is 6.07 Å². The number of amides is 1. The van der Waals surface area contributed by atoms with Gasteiger partial charge in [0.05, 0.1) is 12.4 Å². The van der Waals surface area contributed by atoms with Gasteiger partial charge >= 0.3 is 0 Å². The van der Waals surface area contributed by atoms with Crippen LogP contribution in [0.25, 0.3) is 0 Å². The average Bonchev–Trinajstić information content (AvgIpc) is 2.59. The highest BCUT2D eigenvalue weighted by atomic mass is 32.2. The molecular formula is C19H19F2NO3S. The number of ether oxygens (including phenoxy) is 1. The molecule has 2 aromatic rings. The molecular weight excluding hydrogens is 360 g/mol. The number of hydrogen-bond acceptors (Lipinski definition) is 4. The van der Waals surface area contributed by atoms with Gasteiger partial charge in [-0.25, -0.2) is 8.78 Å². The van der Waals surface area contributed by atoms with Crippen molar-refractivity contribution in [2.75, 3.05) is 17.7 Å². The minimum Gasteiger partial charge on any atom is -0.494 e. The van der Waals surface area contributed by atoms with E-state index in [0.717, 1.165) is 17.7 Å². The number of rotatable bonds is 8. The molecule has 0 fully saturated rings. The molecule has 0 radical (unpaired) electrons. The highest BCUT2D eigenvalue weighted by Crippen LogP contribution is 2.26. The third-order valence-electron chi connectivity index (χ3n) is 3.48. The number of carbonyl (C=O) groups is 2. The zero-order valence-corrected chi connectivity index (χ0v) is 15.3. The van der Waals surface area contributed by atoms with Gasteiger partial charge in [-0.15, -0.1) is 11.8 Å². The summed E-state index contributed by atoms with van der Waals surface area (Å²) in [4.78, 5) is 23.5. The Hall–Kier alpha value is -2.41. The van der Waals surface area contributed by atoms with E-state index in [9.17, 15) is 18.4 Å². The number of ketones is 1. The lowest BCUT2D eigenvalue weighted by atomic mass is 10.1. The van der Waals surface area contributed by atoms with Crippen molar-refractivity contribution in [2.45, 2.75) is 19.6 Å². The summed E-state index contributed by atoms with van der Waals surface area (Å²) in [7, 11) is 0. The number of hydrogen-bond donors (Lipinski definition) is 1. The Bertz CT molecular complexity index is 791. The van der Waals surface area contributed by atoms with E-state index in [1.54, 1.807) is 18.2 Å². The molecule has 138 valence electrons. The van der Waals surface area contributed by atoms with Crippen LogP contribution in [0.2, 0.25) is 0 Å². The molecule has 0 heterocycles. The molecule has 0 aliphatic rings. The van der Waals surface area contributed by atoms with E-state index in [1.165, 1.54) is 24.8 Å². The molecule has 0 aliphatic carbocycles. The third kappa shape index (κ3) is 5.29. The molecule has 0 aliphatic heterocycles. The first-order valence-electron chi connectivity index (χ1n) is 8.00. The van der Waals surface area contributed by atoms with Gasteiger partial charge in [-0.05, 0) is 44.2 Å². The van der Waals surface area contributed by atoms with E-state index in [1.807, 2.05) is 6.92 Å². The standard InChI is InChI=1S/C19H19F2NO3S/c1-3-25-17-8-7-13(12(2)23)9-14(17)10-26-11-18(24)22-19-15(20)5-4-6-16(19)21/h4-9H,3,10-11H2,1-2H3,(H,22,24). The number of carbonyl (C=O) groups excluding carboxylic acids is 2. The second kappa shape index (κ2) is 9.33. The number of para-hydroxylation sites is 1. The molecule has 4 nitrogen and oxygen atoms in total. The zero-order valence-electron chi connectivity index (χ0n) is 14.5. The first-order chi connectivity index (χ1) is 12.4. The van der Waals surface area contributed by atoms with Crippen LogP contribution >= 0.6 is 11.8 Å². The first-order valence-corrected chi connectivity index (χ1v) is 9.16. The maximum atomic E-state index is 13.5. The minimum atomic E-state index is -0.823. The Balaban J connectivity index is 1.99. The molecule has 2 aromatic carbocycles. The number of benzene rings is 2. The lowest BCUT2D eigenvalue weighted by Gasteiger charge is -2.12. The first kappa shape index (κ1) is 19.9. The maximum Gasteiger partial charge on any atom is 0.234 e. The van der Waals surface area contributed by atoms with Crippen LogP contribution in [0.1, 0.15) is 29.8 Å². The average molecular weight is 379 g/mol. The minimum absolute atomic E-state index is 0.00361. The van der Waals surface area contributed by atoms with Gasteiger partial charge in [0.1, 0.15) is 23.1 Å². The van der Waals surface area contributed by atoms with E-state index in [0.29, 0.717) is 23.7 Å². The number of halogens is 2. The lowest BCUT2D eigenvalue weighted by Crippen LogP contribution is -2.16. The highest BCUT2D eigenvalue weighted by molar-refractivity contribution is 7.99. The van der Waals surface area contributed by atoms with E-state index < -0.39 is 23.2 Å². The van der Waals surface area contributed by atoms with Crippen molar-refractivity contribution in [3.05, 3.63) is 59.2 Å². The molecule has 0 aromatic heterocycles. The summed E-state index contributed by atoms with van der Waals surface area (Å²) < 4.78 is 32.6. The zero-order chi connectivity index (χ0) is 19.1. The van der Waals surface area contributed by atoms with Crippen molar-refractivity contribution in [1.29, 1.82) is 0 Å². The Labute approximate surface area is 154 Å². The summed E-state index contributed by atoms with van der Waals surface area (Å²) in [6.07, 6.45) is 0. The fourth-order valence-corrected chi connectivity index (χ4v) is 3.06. The van der Waals surface area contributed by atoms with Gasteiger partial charge in [0.25, 0.3) is 0 Å². The van der Waals surface area contributed by atoms with Gasteiger partial charge in [-0.3, -0.25) is 9.59 Å². The van der Waals surface area contributed by atoms with Crippen LogP contribution in [0.4, 0.5) is 14.5 Å². The monoisotopic (exact) mass is 379 g/mol. The number of anilines is 1. The second-order valence-corrected chi connectivity index (χ2v) is 6.43. The predicted molar refractivity (Wildman–Crippen MR) is 98.8 cm³/mol. The molecule has 0 saturated heterocycles. The van der Waals surface area contributed by atoms with Crippen molar-refractivity contribution < 1.29 is 23.1 Å². The summed E-state index contributed by atoms with van der Waals surface area (Å²) in [5.41, 5.74) is 0.892. The van der Waals surface area contributed by atoms with Gasteiger partial charge in [-0.2, -0.15) is 0 Å². The van der Waals surface area contributed by atoms with Gasteiger partial charge in [0.15, 0.2) is 5.78 Å². The summed E-state index contributed by atoms with van der Waals surface area (Å²) in [6.45, 7) is 3.80. The van der Waals surface area contributed by atoms with Crippen molar-refractivity contribution in [1.82, 2.24) is 0 Å². The summed E-state index contributed by atoms with van der Waals surface area (Å²) >= 11 is 1.26.